The average molecular weight is 215 g/mol. The van der Waals surface area contributed by atoms with E-state index in [2.05, 4.69) is 9.97 Å². The molecule has 2 aromatic heterocycles. The summed E-state index contributed by atoms with van der Waals surface area (Å²) in [6.45, 7) is 2.43. The molecule has 0 atom stereocenters. The fourth-order valence-electron chi connectivity index (χ4n) is 1.36. The highest BCUT2D eigenvalue weighted by molar-refractivity contribution is 5.32. The molecule has 2 aromatic rings. The first kappa shape index (κ1) is 10.6. The standard InChI is InChI=1S/C12H13N3O/c1-9-5-10(6-13)7-15-12(9)16-11-3-2-4-14-8-11/h2-5,7-8H,6,13H2,1H3. The Hall–Kier alpha value is -1.94. The summed E-state index contributed by atoms with van der Waals surface area (Å²) in [4.78, 5) is 8.19. The van der Waals surface area contributed by atoms with Crippen molar-refractivity contribution in [2.75, 3.05) is 0 Å². The van der Waals surface area contributed by atoms with Crippen molar-refractivity contribution in [3.05, 3.63) is 47.9 Å². The average Bonchev–Trinajstić information content (AvgIpc) is 2.33. The van der Waals surface area contributed by atoms with Crippen molar-refractivity contribution in [2.24, 2.45) is 5.73 Å². The molecule has 0 aliphatic carbocycles. The number of aromatic nitrogens is 2. The Balaban J connectivity index is 2.22. The van der Waals surface area contributed by atoms with Gasteiger partial charge in [-0.25, -0.2) is 4.98 Å². The molecule has 0 bridgehead atoms. The van der Waals surface area contributed by atoms with Gasteiger partial charge in [-0.1, -0.05) is 0 Å². The van der Waals surface area contributed by atoms with Gasteiger partial charge in [-0.15, -0.1) is 0 Å². The van der Waals surface area contributed by atoms with E-state index in [9.17, 15) is 0 Å². The molecule has 0 radical (unpaired) electrons. The van der Waals surface area contributed by atoms with E-state index in [1.807, 2.05) is 25.1 Å². The van der Waals surface area contributed by atoms with E-state index in [1.54, 1.807) is 18.6 Å². The Morgan fingerprint density at radius 3 is 2.88 bits per heavy atom. The van der Waals surface area contributed by atoms with Gasteiger partial charge in [0.15, 0.2) is 0 Å². The summed E-state index contributed by atoms with van der Waals surface area (Å²) < 4.78 is 5.59. The van der Waals surface area contributed by atoms with Crippen LogP contribution in [0.15, 0.2) is 36.8 Å². The highest BCUT2D eigenvalue weighted by Gasteiger charge is 2.03. The summed E-state index contributed by atoms with van der Waals surface area (Å²) in [5, 5.41) is 0. The van der Waals surface area contributed by atoms with Crippen molar-refractivity contribution in [3.63, 3.8) is 0 Å². The molecule has 0 aliphatic heterocycles. The van der Waals surface area contributed by atoms with Gasteiger partial charge in [-0.3, -0.25) is 4.98 Å². The predicted molar refractivity (Wildman–Crippen MR) is 61.2 cm³/mol. The number of ether oxygens (including phenoxy) is 1. The molecule has 0 spiro atoms. The molecule has 0 unspecified atom stereocenters. The minimum atomic E-state index is 0.487. The molecule has 0 amide bonds. The van der Waals surface area contributed by atoms with Crippen LogP contribution in [0.5, 0.6) is 11.6 Å². The summed E-state index contributed by atoms with van der Waals surface area (Å²) in [7, 11) is 0. The molecule has 4 heteroatoms. The molecule has 0 aromatic carbocycles. The Morgan fingerprint density at radius 2 is 2.25 bits per heavy atom. The summed E-state index contributed by atoms with van der Waals surface area (Å²) in [6, 6.07) is 5.63. The quantitative estimate of drug-likeness (QED) is 0.851. The number of hydrogen-bond donors (Lipinski definition) is 1. The zero-order chi connectivity index (χ0) is 11.4. The van der Waals surface area contributed by atoms with Gasteiger partial charge < -0.3 is 10.5 Å². The van der Waals surface area contributed by atoms with Crippen molar-refractivity contribution in [2.45, 2.75) is 13.5 Å². The first-order valence-corrected chi connectivity index (χ1v) is 5.03. The molecule has 2 N–H and O–H groups in total. The third kappa shape index (κ3) is 2.35. The van der Waals surface area contributed by atoms with E-state index < -0.39 is 0 Å². The van der Waals surface area contributed by atoms with Gasteiger partial charge in [-0.05, 0) is 30.7 Å². The number of pyridine rings is 2. The fraction of sp³-hybridized carbons (Fsp3) is 0.167. The van der Waals surface area contributed by atoms with E-state index in [0.717, 1.165) is 11.1 Å². The monoisotopic (exact) mass is 215 g/mol. The maximum Gasteiger partial charge on any atom is 0.222 e. The van der Waals surface area contributed by atoms with E-state index in [0.29, 0.717) is 18.2 Å². The number of nitrogens with two attached hydrogens (primary N) is 1. The lowest BCUT2D eigenvalue weighted by Gasteiger charge is -2.07. The Morgan fingerprint density at radius 1 is 1.38 bits per heavy atom. The molecule has 2 heterocycles. The molecule has 0 saturated heterocycles. The summed E-state index contributed by atoms with van der Waals surface area (Å²) >= 11 is 0. The maximum absolute atomic E-state index is 5.59. The van der Waals surface area contributed by atoms with Crippen LogP contribution >= 0.6 is 0 Å². The van der Waals surface area contributed by atoms with Gasteiger partial charge in [-0.2, -0.15) is 0 Å². The molecule has 2 rings (SSSR count). The summed E-state index contributed by atoms with van der Waals surface area (Å²) in [6.07, 6.45) is 5.07. The van der Waals surface area contributed by atoms with Crippen molar-refractivity contribution in [3.8, 4) is 11.6 Å². The minimum absolute atomic E-state index is 0.487. The first-order valence-electron chi connectivity index (χ1n) is 5.03. The Kier molecular flexibility index (Phi) is 3.12. The number of aryl methyl sites for hydroxylation is 1. The second-order valence-electron chi connectivity index (χ2n) is 3.46. The minimum Gasteiger partial charge on any atom is -0.437 e. The molecular formula is C12H13N3O. The van der Waals surface area contributed by atoms with Crippen LogP contribution in [0.2, 0.25) is 0 Å². The molecular weight excluding hydrogens is 202 g/mol. The summed E-state index contributed by atoms with van der Waals surface area (Å²) in [5.74, 6) is 1.27. The summed E-state index contributed by atoms with van der Waals surface area (Å²) in [5.41, 5.74) is 7.49. The highest BCUT2D eigenvalue weighted by Crippen LogP contribution is 2.21. The van der Waals surface area contributed by atoms with Crippen molar-refractivity contribution < 1.29 is 4.74 Å². The second kappa shape index (κ2) is 4.72. The van der Waals surface area contributed by atoms with Gasteiger partial charge in [0.1, 0.15) is 5.75 Å². The van der Waals surface area contributed by atoms with Crippen LogP contribution in [0.3, 0.4) is 0 Å². The largest absolute Gasteiger partial charge is 0.437 e. The zero-order valence-corrected chi connectivity index (χ0v) is 9.05. The third-order valence-electron chi connectivity index (χ3n) is 2.17. The maximum atomic E-state index is 5.59. The molecule has 0 fully saturated rings. The molecule has 82 valence electrons. The van der Waals surface area contributed by atoms with Crippen LogP contribution in [-0.4, -0.2) is 9.97 Å². The van der Waals surface area contributed by atoms with Gasteiger partial charge in [0.25, 0.3) is 0 Å². The lowest BCUT2D eigenvalue weighted by Crippen LogP contribution is -1.99. The lowest BCUT2D eigenvalue weighted by atomic mass is 10.2. The van der Waals surface area contributed by atoms with E-state index in [1.165, 1.54) is 0 Å². The molecule has 0 saturated carbocycles. The van der Waals surface area contributed by atoms with Gasteiger partial charge in [0, 0.05) is 24.5 Å². The number of nitrogens with zero attached hydrogens (tertiary/aromatic N) is 2. The topological polar surface area (TPSA) is 61.0 Å². The SMILES string of the molecule is Cc1cc(CN)cnc1Oc1cccnc1. The Bertz CT molecular complexity index is 471. The van der Waals surface area contributed by atoms with Crippen molar-refractivity contribution >= 4 is 0 Å². The fourth-order valence-corrected chi connectivity index (χ4v) is 1.36. The normalized spacial score (nSPS) is 10.1. The van der Waals surface area contributed by atoms with Crippen LogP contribution < -0.4 is 10.5 Å². The van der Waals surface area contributed by atoms with Gasteiger partial charge >= 0.3 is 0 Å². The lowest BCUT2D eigenvalue weighted by molar-refractivity contribution is 0.456. The third-order valence-corrected chi connectivity index (χ3v) is 2.17. The number of hydrogen-bond acceptors (Lipinski definition) is 4. The van der Waals surface area contributed by atoms with Crippen LogP contribution in [0.1, 0.15) is 11.1 Å². The van der Waals surface area contributed by atoms with Crippen LogP contribution in [0.4, 0.5) is 0 Å². The van der Waals surface area contributed by atoms with E-state index in [-0.39, 0.29) is 0 Å². The van der Waals surface area contributed by atoms with Crippen LogP contribution in [0, 0.1) is 6.92 Å². The molecule has 16 heavy (non-hydrogen) atoms. The smallest absolute Gasteiger partial charge is 0.222 e. The predicted octanol–water partition coefficient (Wildman–Crippen LogP) is 2.04. The first-order chi connectivity index (χ1) is 7.79. The highest BCUT2D eigenvalue weighted by atomic mass is 16.5. The van der Waals surface area contributed by atoms with E-state index >= 15 is 0 Å². The van der Waals surface area contributed by atoms with Crippen molar-refractivity contribution in [1.29, 1.82) is 0 Å². The Labute approximate surface area is 94.1 Å². The molecule has 0 aliphatic rings. The number of rotatable bonds is 3. The second-order valence-corrected chi connectivity index (χ2v) is 3.46. The zero-order valence-electron chi connectivity index (χ0n) is 9.05. The van der Waals surface area contributed by atoms with E-state index in [4.69, 9.17) is 10.5 Å². The van der Waals surface area contributed by atoms with Crippen LogP contribution in [0.25, 0.3) is 0 Å². The van der Waals surface area contributed by atoms with Gasteiger partial charge in [0.2, 0.25) is 5.88 Å². The van der Waals surface area contributed by atoms with Crippen molar-refractivity contribution in [1.82, 2.24) is 9.97 Å². The van der Waals surface area contributed by atoms with Gasteiger partial charge in [0.05, 0.1) is 6.20 Å². The van der Waals surface area contributed by atoms with Crippen LogP contribution in [-0.2, 0) is 6.54 Å². The molecule has 4 nitrogen and oxygen atoms in total.